The molecule has 0 aromatic heterocycles. The Bertz CT molecular complexity index is 322. The molecule has 4 heteroatoms. The Morgan fingerprint density at radius 1 is 1.17 bits per heavy atom. The minimum Gasteiger partial charge on any atom is -0.468 e. The summed E-state index contributed by atoms with van der Waals surface area (Å²) in [4.78, 5) is 23.9. The van der Waals surface area contributed by atoms with Gasteiger partial charge in [0, 0.05) is 0 Å². The molecule has 102 valence electrons. The van der Waals surface area contributed by atoms with Gasteiger partial charge in [-0.15, -0.1) is 6.58 Å². The summed E-state index contributed by atoms with van der Waals surface area (Å²) in [6.07, 6.45) is 4.67. The number of hydrogen-bond donors (Lipinski definition) is 0. The van der Waals surface area contributed by atoms with Crippen molar-refractivity contribution >= 4 is 11.9 Å². The molecule has 0 heterocycles. The highest BCUT2D eigenvalue weighted by Crippen LogP contribution is 2.33. The van der Waals surface area contributed by atoms with Crippen LogP contribution in [0.4, 0.5) is 0 Å². The van der Waals surface area contributed by atoms with E-state index in [1.54, 1.807) is 6.08 Å². The molecule has 0 aliphatic carbocycles. The maximum atomic E-state index is 12.0. The summed E-state index contributed by atoms with van der Waals surface area (Å²) in [6, 6.07) is 0. The third kappa shape index (κ3) is 4.02. The van der Waals surface area contributed by atoms with Gasteiger partial charge in [0.15, 0.2) is 5.41 Å². The second-order valence-electron chi connectivity index (χ2n) is 4.38. The third-order valence-electron chi connectivity index (χ3n) is 2.79. The molecule has 0 aliphatic rings. The monoisotopic (exact) mass is 254 g/mol. The molecule has 0 saturated heterocycles. The van der Waals surface area contributed by atoms with E-state index >= 15 is 0 Å². The maximum absolute atomic E-state index is 12.0. The van der Waals surface area contributed by atoms with Gasteiger partial charge in [-0.25, -0.2) is 0 Å². The molecule has 0 saturated carbocycles. The minimum absolute atomic E-state index is 0.280. The number of carbonyl (C=O) groups is 2. The van der Waals surface area contributed by atoms with Crippen molar-refractivity contribution in [3.8, 4) is 0 Å². The van der Waals surface area contributed by atoms with E-state index in [1.807, 2.05) is 19.9 Å². The largest absolute Gasteiger partial charge is 0.468 e. The molecule has 0 aromatic carbocycles. The lowest BCUT2D eigenvalue weighted by Crippen LogP contribution is -2.41. The van der Waals surface area contributed by atoms with E-state index in [2.05, 4.69) is 6.58 Å². The van der Waals surface area contributed by atoms with E-state index in [9.17, 15) is 9.59 Å². The normalized spacial score (nSPS) is 10.4. The highest BCUT2D eigenvalue weighted by atomic mass is 16.5. The first-order chi connectivity index (χ1) is 8.44. The number of carbonyl (C=O) groups excluding carboxylic acids is 2. The molecule has 0 N–H and O–H groups in total. The van der Waals surface area contributed by atoms with Crippen LogP contribution >= 0.6 is 0 Å². The zero-order valence-electron chi connectivity index (χ0n) is 11.6. The zero-order chi connectivity index (χ0) is 14.2. The van der Waals surface area contributed by atoms with Crippen LogP contribution in [0.5, 0.6) is 0 Å². The van der Waals surface area contributed by atoms with Crippen molar-refractivity contribution < 1.29 is 19.1 Å². The highest BCUT2D eigenvalue weighted by Gasteiger charge is 2.46. The molecule has 0 radical (unpaired) electrons. The molecule has 0 aliphatic heterocycles. The van der Waals surface area contributed by atoms with Crippen LogP contribution in [-0.2, 0) is 19.1 Å². The molecule has 0 unspecified atom stereocenters. The zero-order valence-corrected chi connectivity index (χ0v) is 11.6. The lowest BCUT2D eigenvalue weighted by molar-refractivity contribution is -0.169. The fourth-order valence-corrected chi connectivity index (χ4v) is 1.67. The molecular weight excluding hydrogens is 232 g/mol. The maximum Gasteiger partial charge on any atom is 0.323 e. The standard InChI is InChI=1S/C14H22O4/c1-6-7-9-14(12(15)17-4,13(16)18-5)10-8-11(2)3/h6,8H,1,7,9-10H2,2-5H3. The Hall–Kier alpha value is -1.58. The second kappa shape index (κ2) is 7.69. The molecule has 0 bridgehead atoms. The van der Waals surface area contributed by atoms with Gasteiger partial charge in [0.25, 0.3) is 0 Å². The Morgan fingerprint density at radius 3 is 2.00 bits per heavy atom. The van der Waals surface area contributed by atoms with Gasteiger partial charge in [-0.05, 0) is 33.1 Å². The van der Waals surface area contributed by atoms with Gasteiger partial charge in [-0.1, -0.05) is 17.7 Å². The SMILES string of the molecule is C=CCCC(CC=C(C)C)(C(=O)OC)C(=O)OC. The quantitative estimate of drug-likeness (QED) is 0.398. The van der Waals surface area contributed by atoms with Gasteiger partial charge in [0.2, 0.25) is 0 Å². The molecule has 0 atom stereocenters. The summed E-state index contributed by atoms with van der Waals surface area (Å²) >= 11 is 0. The van der Waals surface area contributed by atoms with Gasteiger partial charge in [-0.2, -0.15) is 0 Å². The molecule has 0 spiro atoms. The molecule has 0 fully saturated rings. The summed E-state index contributed by atoms with van der Waals surface area (Å²) in [5, 5.41) is 0. The average Bonchev–Trinajstić information content (AvgIpc) is 2.37. The first-order valence-electron chi connectivity index (χ1n) is 5.85. The number of allylic oxidation sites excluding steroid dienone is 3. The Labute approximate surface area is 109 Å². The molecule has 0 rings (SSSR count). The van der Waals surface area contributed by atoms with Crippen LogP contribution in [0, 0.1) is 5.41 Å². The lowest BCUT2D eigenvalue weighted by Gasteiger charge is -2.26. The van der Waals surface area contributed by atoms with Crippen LogP contribution in [0.3, 0.4) is 0 Å². The number of esters is 2. The summed E-state index contributed by atoms with van der Waals surface area (Å²) in [5.74, 6) is -1.12. The van der Waals surface area contributed by atoms with Crippen molar-refractivity contribution in [1.82, 2.24) is 0 Å². The lowest BCUT2D eigenvalue weighted by atomic mass is 9.79. The van der Waals surface area contributed by atoms with Crippen molar-refractivity contribution in [2.45, 2.75) is 33.1 Å². The van der Waals surface area contributed by atoms with Gasteiger partial charge in [0.05, 0.1) is 14.2 Å². The van der Waals surface area contributed by atoms with Gasteiger partial charge in [-0.3, -0.25) is 9.59 Å². The summed E-state index contributed by atoms with van der Waals surface area (Å²) in [7, 11) is 2.55. The fourth-order valence-electron chi connectivity index (χ4n) is 1.67. The van der Waals surface area contributed by atoms with Crippen LogP contribution in [-0.4, -0.2) is 26.2 Å². The molecule has 0 aromatic rings. The fraction of sp³-hybridized carbons (Fsp3) is 0.571. The Morgan fingerprint density at radius 2 is 1.67 bits per heavy atom. The topological polar surface area (TPSA) is 52.6 Å². The summed E-state index contributed by atoms with van der Waals surface area (Å²) < 4.78 is 9.53. The average molecular weight is 254 g/mol. The van der Waals surface area contributed by atoms with Crippen LogP contribution in [0.15, 0.2) is 24.3 Å². The van der Waals surface area contributed by atoms with E-state index in [4.69, 9.17) is 9.47 Å². The van der Waals surface area contributed by atoms with E-state index in [-0.39, 0.29) is 6.42 Å². The Balaban J connectivity index is 5.37. The number of methoxy groups -OCH3 is 2. The summed E-state index contributed by atoms with van der Waals surface area (Å²) in [5.41, 5.74) is -0.236. The molecule has 4 nitrogen and oxygen atoms in total. The summed E-state index contributed by atoms with van der Waals surface area (Å²) in [6.45, 7) is 7.43. The molecular formula is C14H22O4. The number of hydrogen-bond acceptors (Lipinski definition) is 4. The highest BCUT2D eigenvalue weighted by molar-refractivity contribution is 6.00. The number of rotatable bonds is 7. The van der Waals surface area contributed by atoms with Crippen LogP contribution in [0.2, 0.25) is 0 Å². The van der Waals surface area contributed by atoms with E-state index in [0.29, 0.717) is 12.8 Å². The van der Waals surface area contributed by atoms with Gasteiger partial charge >= 0.3 is 11.9 Å². The molecule has 18 heavy (non-hydrogen) atoms. The van der Waals surface area contributed by atoms with Gasteiger partial charge < -0.3 is 9.47 Å². The second-order valence-corrected chi connectivity index (χ2v) is 4.38. The molecule has 0 amide bonds. The van der Waals surface area contributed by atoms with Gasteiger partial charge in [0.1, 0.15) is 0 Å². The van der Waals surface area contributed by atoms with Crippen LogP contribution < -0.4 is 0 Å². The third-order valence-corrected chi connectivity index (χ3v) is 2.79. The minimum atomic E-state index is -1.27. The smallest absolute Gasteiger partial charge is 0.323 e. The first-order valence-corrected chi connectivity index (χ1v) is 5.85. The number of ether oxygens (including phenoxy) is 2. The van der Waals surface area contributed by atoms with Crippen molar-refractivity contribution in [3.05, 3.63) is 24.3 Å². The van der Waals surface area contributed by atoms with Crippen molar-refractivity contribution in [1.29, 1.82) is 0 Å². The first kappa shape index (κ1) is 16.4. The van der Waals surface area contributed by atoms with E-state index in [0.717, 1.165) is 5.57 Å². The van der Waals surface area contributed by atoms with Crippen molar-refractivity contribution in [3.63, 3.8) is 0 Å². The van der Waals surface area contributed by atoms with Crippen molar-refractivity contribution in [2.24, 2.45) is 5.41 Å². The Kier molecular flexibility index (Phi) is 7.01. The predicted octanol–water partition coefficient (Wildman–Crippen LogP) is 2.64. The predicted molar refractivity (Wildman–Crippen MR) is 69.9 cm³/mol. The van der Waals surface area contributed by atoms with E-state index < -0.39 is 17.4 Å². The van der Waals surface area contributed by atoms with Crippen molar-refractivity contribution in [2.75, 3.05) is 14.2 Å². The van der Waals surface area contributed by atoms with Crippen LogP contribution in [0.1, 0.15) is 33.1 Å². The van der Waals surface area contributed by atoms with E-state index in [1.165, 1.54) is 14.2 Å². The van der Waals surface area contributed by atoms with Crippen LogP contribution in [0.25, 0.3) is 0 Å².